The van der Waals surface area contributed by atoms with Gasteiger partial charge in [-0.3, -0.25) is 0 Å². The van der Waals surface area contributed by atoms with Gasteiger partial charge in [-0.25, -0.2) is 9.97 Å². The van der Waals surface area contributed by atoms with Gasteiger partial charge in [0.25, 0.3) is 0 Å². The lowest BCUT2D eigenvalue weighted by atomic mass is 10.1. The molecule has 0 unspecified atom stereocenters. The van der Waals surface area contributed by atoms with E-state index in [0.29, 0.717) is 18.4 Å². The summed E-state index contributed by atoms with van der Waals surface area (Å²) in [6.07, 6.45) is 5.41. The van der Waals surface area contributed by atoms with E-state index in [2.05, 4.69) is 24.1 Å². The monoisotopic (exact) mass is 234 g/mol. The Morgan fingerprint density at radius 2 is 2.24 bits per heavy atom. The molecule has 1 fully saturated rings. The average Bonchev–Trinajstić information content (AvgIpc) is 3.13. The topological polar surface area (TPSA) is 63.8 Å². The molecule has 17 heavy (non-hydrogen) atoms. The summed E-state index contributed by atoms with van der Waals surface area (Å²) in [6, 6.07) is 0. The number of aromatic nitrogens is 2. The zero-order chi connectivity index (χ0) is 12.3. The molecule has 1 saturated carbocycles. The summed E-state index contributed by atoms with van der Waals surface area (Å²) in [5, 5.41) is 3.38. The van der Waals surface area contributed by atoms with Crippen molar-refractivity contribution in [2.24, 2.45) is 5.73 Å². The summed E-state index contributed by atoms with van der Waals surface area (Å²) in [7, 11) is 0. The van der Waals surface area contributed by atoms with Crippen LogP contribution in [-0.4, -0.2) is 23.1 Å². The summed E-state index contributed by atoms with van der Waals surface area (Å²) in [6.45, 7) is 5.95. The smallest absolute Gasteiger partial charge is 0.131 e. The SMILES string of the molecule is CC(C)c1nc(C2CC2)ncc1NCCCN. The van der Waals surface area contributed by atoms with Crippen molar-refractivity contribution in [2.75, 3.05) is 18.4 Å². The highest BCUT2D eigenvalue weighted by Crippen LogP contribution is 2.38. The fraction of sp³-hybridized carbons (Fsp3) is 0.692. The second kappa shape index (κ2) is 5.45. The molecule has 0 aliphatic heterocycles. The number of nitrogens with zero attached hydrogens (tertiary/aromatic N) is 2. The van der Waals surface area contributed by atoms with Gasteiger partial charge in [0.2, 0.25) is 0 Å². The molecular weight excluding hydrogens is 212 g/mol. The van der Waals surface area contributed by atoms with Crippen LogP contribution < -0.4 is 11.1 Å². The average molecular weight is 234 g/mol. The van der Waals surface area contributed by atoms with Crippen LogP contribution in [0, 0.1) is 0 Å². The molecule has 2 rings (SSSR count). The molecule has 0 bridgehead atoms. The van der Waals surface area contributed by atoms with Crippen molar-refractivity contribution in [3.05, 3.63) is 17.7 Å². The molecule has 0 radical (unpaired) electrons. The van der Waals surface area contributed by atoms with Crippen LogP contribution in [0.5, 0.6) is 0 Å². The molecule has 0 aromatic carbocycles. The summed E-state index contributed by atoms with van der Waals surface area (Å²) in [5.74, 6) is 2.07. The molecule has 3 N–H and O–H groups in total. The Hall–Kier alpha value is -1.16. The predicted octanol–water partition coefficient (Wildman–Crippen LogP) is 2.24. The maximum Gasteiger partial charge on any atom is 0.131 e. The van der Waals surface area contributed by atoms with Crippen LogP contribution in [0.4, 0.5) is 5.69 Å². The number of anilines is 1. The maximum absolute atomic E-state index is 5.49. The van der Waals surface area contributed by atoms with E-state index < -0.39 is 0 Å². The fourth-order valence-corrected chi connectivity index (χ4v) is 1.85. The van der Waals surface area contributed by atoms with Gasteiger partial charge in [0.1, 0.15) is 5.82 Å². The van der Waals surface area contributed by atoms with Crippen molar-refractivity contribution in [3.63, 3.8) is 0 Å². The van der Waals surface area contributed by atoms with E-state index in [1.54, 1.807) is 0 Å². The largest absolute Gasteiger partial charge is 0.382 e. The van der Waals surface area contributed by atoms with Crippen LogP contribution >= 0.6 is 0 Å². The lowest BCUT2D eigenvalue weighted by Crippen LogP contribution is -2.12. The Balaban J connectivity index is 2.12. The van der Waals surface area contributed by atoms with Crippen LogP contribution in [0.3, 0.4) is 0 Å². The quantitative estimate of drug-likeness (QED) is 0.741. The summed E-state index contributed by atoms with van der Waals surface area (Å²) in [4.78, 5) is 9.17. The summed E-state index contributed by atoms with van der Waals surface area (Å²) < 4.78 is 0. The van der Waals surface area contributed by atoms with Gasteiger partial charge in [0, 0.05) is 12.5 Å². The minimum Gasteiger partial charge on any atom is -0.382 e. The highest BCUT2D eigenvalue weighted by Gasteiger charge is 2.27. The third kappa shape index (κ3) is 3.16. The number of nitrogens with two attached hydrogens (primary N) is 1. The van der Waals surface area contributed by atoms with E-state index in [0.717, 1.165) is 30.2 Å². The van der Waals surface area contributed by atoms with Crippen molar-refractivity contribution >= 4 is 5.69 Å². The molecule has 4 nitrogen and oxygen atoms in total. The van der Waals surface area contributed by atoms with E-state index >= 15 is 0 Å². The third-order valence-corrected chi connectivity index (χ3v) is 3.02. The number of nitrogens with one attached hydrogen (secondary N) is 1. The first-order valence-electron chi connectivity index (χ1n) is 6.53. The first kappa shape index (κ1) is 12.3. The first-order valence-corrected chi connectivity index (χ1v) is 6.53. The second-order valence-corrected chi connectivity index (χ2v) is 5.03. The van der Waals surface area contributed by atoms with Gasteiger partial charge < -0.3 is 11.1 Å². The molecule has 1 heterocycles. The Morgan fingerprint density at radius 3 is 2.82 bits per heavy atom. The molecule has 1 aromatic rings. The lowest BCUT2D eigenvalue weighted by Gasteiger charge is -2.14. The van der Waals surface area contributed by atoms with E-state index in [1.165, 1.54) is 12.8 Å². The highest BCUT2D eigenvalue weighted by molar-refractivity contribution is 5.47. The highest BCUT2D eigenvalue weighted by atomic mass is 15.0. The molecule has 1 aliphatic rings. The number of hydrogen-bond donors (Lipinski definition) is 2. The minimum atomic E-state index is 0.427. The van der Waals surface area contributed by atoms with Gasteiger partial charge in [0.15, 0.2) is 0 Å². The Morgan fingerprint density at radius 1 is 1.47 bits per heavy atom. The van der Waals surface area contributed by atoms with Gasteiger partial charge in [-0.15, -0.1) is 0 Å². The van der Waals surface area contributed by atoms with E-state index in [1.807, 2.05) is 6.20 Å². The maximum atomic E-state index is 5.49. The Bertz CT molecular complexity index is 372. The standard InChI is InChI=1S/C13H22N4/c1-9(2)12-11(15-7-3-6-14)8-16-13(17-12)10-4-5-10/h8-10,15H,3-7,14H2,1-2H3. The molecule has 0 amide bonds. The van der Waals surface area contributed by atoms with Crippen LogP contribution in [0.25, 0.3) is 0 Å². The molecule has 1 aliphatic carbocycles. The Kier molecular flexibility index (Phi) is 3.94. The van der Waals surface area contributed by atoms with Gasteiger partial charge >= 0.3 is 0 Å². The summed E-state index contributed by atoms with van der Waals surface area (Å²) in [5.41, 5.74) is 7.70. The fourth-order valence-electron chi connectivity index (χ4n) is 1.85. The van der Waals surface area contributed by atoms with Gasteiger partial charge in [-0.1, -0.05) is 13.8 Å². The molecule has 0 atom stereocenters. The normalized spacial score (nSPS) is 15.3. The van der Waals surface area contributed by atoms with Gasteiger partial charge in [-0.2, -0.15) is 0 Å². The molecule has 4 heteroatoms. The van der Waals surface area contributed by atoms with Crippen molar-refractivity contribution in [1.29, 1.82) is 0 Å². The minimum absolute atomic E-state index is 0.427. The van der Waals surface area contributed by atoms with Gasteiger partial charge in [-0.05, 0) is 31.7 Å². The summed E-state index contributed by atoms with van der Waals surface area (Å²) >= 11 is 0. The molecule has 1 aromatic heterocycles. The molecule has 94 valence electrons. The van der Waals surface area contributed by atoms with Crippen molar-refractivity contribution in [1.82, 2.24) is 9.97 Å². The van der Waals surface area contributed by atoms with E-state index in [9.17, 15) is 0 Å². The molecular formula is C13H22N4. The third-order valence-electron chi connectivity index (χ3n) is 3.02. The predicted molar refractivity (Wildman–Crippen MR) is 70.3 cm³/mol. The molecule has 0 spiro atoms. The van der Waals surface area contributed by atoms with Crippen molar-refractivity contribution < 1.29 is 0 Å². The van der Waals surface area contributed by atoms with Crippen LogP contribution in [0.2, 0.25) is 0 Å². The Labute approximate surface area is 103 Å². The number of hydrogen-bond acceptors (Lipinski definition) is 4. The van der Waals surface area contributed by atoms with Crippen molar-refractivity contribution in [3.8, 4) is 0 Å². The van der Waals surface area contributed by atoms with E-state index in [4.69, 9.17) is 10.7 Å². The number of rotatable bonds is 6. The van der Waals surface area contributed by atoms with Gasteiger partial charge in [0.05, 0.1) is 17.6 Å². The lowest BCUT2D eigenvalue weighted by molar-refractivity contribution is 0.779. The first-order chi connectivity index (χ1) is 8.22. The molecule has 0 saturated heterocycles. The second-order valence-electron chi connectivity index (χ2n) is 5.03. The van der Waals surface area contributed by atoms with Crippen LogP contribution in [0.1, 0.15) is 56.5 Å². The zero-order valence-electron chi connectivity index (χ0n) is 10.7. The zero-order valence-corrected chi connectivity index (χ0v) is 10.7. The van der Waals surface area contributed by atoms with Crippen molar-refractivity contribution in [2.45, 2.75) is 44.9 Å². The van der Waals surface area contributed by atoms with Crippen LogP contribution in [0.15, 0.2) is 6.20 Å². The van der Waals surface area contributed by atoms with E-state index in [-0.39, 0.29) is 0 Å². The van der Waals surface area contributed by atoms with Crippen LogP contribution in [-0.2, 0) is 0 Å².